The summed E-state index contributed by atoms with van der Waals surface area (Å²) < 4.78 is 6.76. The number of carbonyl (C=O) groups is 1. The van der Waals surface area contributed by atoms with E-state index in [1.807, 2.05) is 0 Å². The molecule has 5 nitrogen and oxygen atoms in total. The Morgan fingerprint density at radius 3 is 2.77 bits per heavy atom. The minimum absolute atomic E-state index is 0.0877. The average Bonchev–Trinajstić information content (AvgIpc) is 3.24. The van der Waals surface area contributed by atoms with E-state index < -0.39 is 0 Å². The highest BCUT2D eigenvalue weighted by Crippen LogP contribution is 2.33. The lowest BCUT2D eigenvalue weighted by molar-refractivity contribution is -0.117. The molecule has 26 heavy (non-hydrogen) atoms. The zero-order valence-electron chi connectivity index (χ0n) is 15.7. The van der Waals surface area contributed by atoms with Crippen molar-refractivity contribution >= 4 is 34.1 Å². The summed E-state index contributed by atoms with van der Waals surface area (Å²) in [7, 11) is 0. The lowest BCUT2D eigenvalue weighted by atomic mass is 9.81. The number of thioether (sulfide) groups is 1. The summed E-state index contributed by atoms with van der Waals surface area (Å²) in [6.07, 6.45) is 9.04. The summed E-state index contributed by atoms with van der Waals surface area (Å²) in [5.41, 5.74) is 0. The van der Waals surface area contributed by atoms with E-state index in [4.69, 9.17) is 4.42 Å². The Morgan fingerprint density at radius 1 is 1.31 bits per heavy atom. The molecule has 0 atom stereocenters. The summed E-state index contributed by atoms with van der Waals surface area (Å²) in [5, 5.41) is 3.63. The van der Waals surface area contributed by atoms with Crippen LogP contribution in [-0.4, -0.2) is 15.9 Å². The van der Waals surface area contributed by atoms with Crippen molar-refractivity contribution in [2.75, 3.05) is 5.32 Å². The molecule has 1 aliphatic rings. The van der Waals surface area contributed by atoms with Crippen molar-refractivity contribution in [1.29, 1.82) is 0 Å². The molecule has 3 rings (SSSR count). The van der Waals surface area contributed by atoms with Crippen molar-refractivity contribution in [3.63, 3.8) is 0 Å². The van der Waals surface area contributed by atoms with Crippen LogP contribution in [0.4, 0.5) is 5.13 Å². The van der Waals surface area contributed by atoms with Crippen LogP contribution in [0.5, 0.6) is 0 Å². The molecule has 2 aromatic heterocycles. The van der Waals surface area contributed by atoms with Crippen LogP contribution in [0.25, 0.3) is 0 Å². The first kappa shape index (κ1) is 19.4. The van der Waals surface area contributed by atoms with Gasteiger partial charge in [-0.1, -0.05) is 44.9 Å². The normalized spacial score (nSPS) is 20.5. The van der Waals surface area contributed by atoms with Crippen molar-refractivity contribution in [1.82, 2.24) is 9.97 Å². The number of amides is 1. The molecule has 2 heterocycles. The summed E-state index contributed by atoms with van der Waals surface area (Å²) >= 11 is 3.14. The van der Waals surface area contributed by atoms with E-state index >= 15 is 0 Å². The predicted molar refractivity (Wildman–Crippen MR) is 107 cm³/mol. The van der Waals surface area contributed by atoms with E-state index in [1.54, 1.807) is 24.2 Å². The third-order valence-electron chi connectivity index (χ3n) is 4.82. The van der Waals surface area contributed by atoms with Gasteiger partial charge < -0.3 is 9.73 Å². The highest BCUT2D eigenvalue weighted by molar-refractivity contribution is 8.00. The molecule has 1 fully saturated rings. The van der Waals surface area contributed by atoms with E-state index in [-0.39, 0.29) is 5.91 Å². The summed E-state index contributed by atoms with van der Waals surface area (Å²) in [5.74, 6) is 4.08. The smallest absolute Gasteiger partial charge is 0.226 e. The molecule has 1 amide bonds. The maximum atomic E-state index is 12.2. The van der Waals surface area contributed by atoms with Crippen LogP contribution in [0.1, 0.15) is 70.4 Å². The van der Waals surface area contributed by atoms with Gasteiger partial charge in [0.2, 0.25) is 11.8 Å². The van der Waals surface area contributed by atoms with Gasteiger partial charge >= 0.3 is 0 Å². The van der Waals surface area contributed by atoms with Gasteiger partial charge in [0.05, 0.1) is 22.4 Å². The second-order valence-corrected chi connectivity index (χ2v) is 9.77. The maximum absolute atomic E-state index is 12.2. The standard InChI is InChI=1S/C19H27N3O2S2/c1-12(2)15-9-20-17(24-15)11-25-18-10-21-19(26-18)22-16(23)8-14-6-4-13(3)5-7-14/h9-10,12-14H,4-8,11H2,1-3H3,(H,21,22,23). The fourth-order valence-electron chi connectivity index (χ4n) is 3.14. The topological polar surface area (TPSA) is 68.0 Å². The number of hydrogen-bond acceptors (Lipinski definition) is 6. The zero-order chi connectivity index (χ0) is 18.5. The first-order valence-electron chi connectivity index (χ1n) is 9.32. The molecule has 1 aliphatic carbocycles. The molecular weight excluding hydrogens is 366 g/mol. The fraction of sp³-hybridized carbons (Fsp3) is 0.632. The van der Waals surface area contributed by atoms with Crippen molar-refractivity contribution in [2.24, 2.45) is 11.8 Å². The van der Waals surface area contributed by atoms with Crippen LogP contribution in [-0.2, 0) is 10.5 Å². The van der Waals surface area contributed by atoms with Gasteiger partial charge in [0, 0.05) is 12.3 Å². The lowest BCUT2D eigenvalue weighted by Gasteiger charge is -2.25. The van der Waals surface area contributed by atoms with Crippen molar-refractivity contribution in [3.8, 4) is 0 Å². The maximum Gasteiger partial charge on any atom is 0.226 e. The number of thiazole rings is 1. The number of nitrogens with zero attached hydrogens (tertiary/aromatic N) is 2. The van der Waals surface area contributed by atoms with E-state index in [2.05, 4.69) is 36.1 Å². The van der Waals surface area contributed by atoms with Crippen LogP contribution in [0.2, 0.25) is 0 Å². The Morgan fingerprint density at radius 2 is 2.08 bits per heavy atom. The van der Waals surface area contributed by atoms with Crippen LogP contribution >= 0.6 is 23.1 Å². The monoisotopic (exact) mass is 393 g/mol. The molecular formula is C19H27N3O2S2. The van der Waals surface area contributed by atoms with Gasteiger partial charge in [0.25, 0.3) is 0 Å². The van der Waals surface area contributed by atoms with Crippen LogP contribution in [0.3, 0.4) is 0 Å². The van der Waals surface area contributed by atoms with Crippen molar-refractivity contribution < 1.29 is 9.21 Å². The number of nitrogens with one attached hydrogen (secondary N) is 1. The van der Waals surface area contributed by atoms with Crippen LogP contribution in [0, 0.1) is 11.8 Å². The SMILES string of the molecule is CC1CCC(CC(=O)Nc2ncc(SCc3ncc(C(C)C)o3)s2)CC1. The third-order valence-corrected chi connectivity index (χ3v) is 6.91. The Kier molecular flexibility index (Phi) is 6.75. The van der Waals surface area contributed by atoms with Gasteiger partial charge in [-0.15, -0.1) is 11.8 Å². The largest absolute Gasteiger partial charge is 0.445 e. The van der Waals surface area contributed by atoms with Crippen LogP contribution < -0.4 is 5.32 Å². The first-order valence-corrected chi connectivity index (χ1v) is 11.1. The van der Waals surface area contributed by atoms with Gasteiger partial charge in [-0.25, -0.2) is 9.97 Å². The summed E-state index contributed by atoms with van der Waals surface area (Å²) in [4.78, 5) is 20.9. The minimum Gasteiger partial charge on any atom is -0.445 e. The molecule has 7 heteroatoms. The minimum atomic E-state index is 0.0877. The Labute approximate surface area is 163 Å². The Balaban J connectivity index is 1.44. The highest BCUT2D eigenvalue weighted by atomic mass is 32.2. The highest BCUT2D eigenvalue weighted by Gasteiger charge is 2.21. The first-order chi connectivity index (χ1) is 12.5. The number of anilines is 1. The van der Waals surface area contributed by atoms with Gasteiger partial charge in [0.1, 0.15) is 5.76 Å². The molecule has 0 saturated heterocycles. The van der Waals surface area contributed by atoms with Gasteiger partial charge in [-0.3, -0.25) is 4.79 Å². The number of oxazole rings is 1. The van der Waals surface area contributed by atoms with E-state index in [9.17, 15) is 4.79 Å². The molecule has 0 aliphatic heterocycles. The van der Waals surface area contributed by atoms with E-state index in [0.29, 0.717) is 29.1 Å². The molecule has 1 saturated carbocycles. The molecule has 0 radical (unpaired) electrons. The molecule has 1 N–H and O–H groups in total. The molecule has 0 unspecified atom stereocenters. The Bertz CT molecular complexity index is 718. The van der Waals surface area contributed by atoms with Gasteiger partial charge in [0.15, 0.2) is 5.13 Å². The second kappa shape index (κ2) is 9.04. The van der Waals surface area contributed by atoms with Crippen molar-refractivity contribution in [2.45, 2.75) is 68.8 Å². The lowest BCUT2D eigenvalue weighted by Crippen LogP contribution is -2.20. The number of aromatic nitrogens is 2. The van der Waals surface area contributed by atoms with Gasteiger partial charge in [-0.05, 0) is 24.7 Å². The van der Waals surface area contributed by atoms with E-state index in [0.717, 1.165) is 21.8 Å². The molecule has 2 aromatic rings. The molecule has 0 spiro atoms. The van der Waals surface area contributed by atoms with Crippen molar-refractivity contribution in [3.05, 3.63) is 24.0 Å². The fourth-order valence-corrected chi connectivity index (χ4v) is 4.88. The second-order valence-electron chi connectivity index (χ2n) is 7.46. The number of hydrogen-bond donors (Lipinski definition) is 1. The van der Waals surface area contributed by atoms with Gasteiger partial charge in [-0.2, -0.15) is 0 Å². The Hall–Kier alpha value is -1.34. The third kappa shape index (κ3) is 5.58. The summed E-state index contributed by atoms with van der Waals surface area (Å²) in [6.45, 7) is 6.47. The van der Waals surface area contributed by atoms with E-state index in [1.165, 1.54) is 37.0 Å². The number of carbonyl (C=O) groups excluding carboxylic acids is 1. The van der Waals surface area contributed by atoms with Crippen LogP contribution in [0.15, 0.2) is 21.0 Å². The molecule has 0 bridgehead atoms. The average molecular weight is 394 g/mol. The number of rotatable bonds is 7. The molecule has 142 valence electrons. The predicted octanol–water partition coefficient (Wildman–Crippen LogP) is 5.70. The molecule has 0 aromatic carbocycles. The quantitative estimate of drug-likeness (QED) is 0.611. The zero-order valence-corrected chi connectivity index (χ0v) is 17.3. The summed E-state index contributed by atoms with van der Waals surface area (Å²) in [6, 6.07) is 0.